The van der Waals surface area contributed by atoms with Gasteiger partial charge in [0.25, 0.3) is 0 Å². The second kappa shape index (κ2) is 8.47. The van der Waals surface area contributed by atoms with E-state index in [1.54, 1.807) is 41.8 Å². The topological polar surface area (TPSA) is 86.5 Å². The summed E-state index contributed by atoms with van der Waals surface area (Å²) in [4.78, 5) is 11.7. The molecule has 3 rings (SSSR count). The van der Waals surface area contributed by atoms with Gasteiger partial charge < -0.3 is 14.6 Å². The summed E-state index contributed by atoms with van der Waals surface area (Å²) in [5, 5.41) is 19.3. The van der Waals surface area contributed by atoms with Crippen molar-refractivity contribution in [2.75, 3.05) is 19.5 Å². The van der Waals surface area contributed by atoms with E-state index in [-0.39, 0.29) is 17.5 Å². The zero-order valence-electron chi connectivity index (χ0n) is 14.8. The fourth-order valence-corrected chi connectivity index (χ4v) is 3.19. The molecule has 2 aromatic carbocycles. The predicted molar refractivity (Wildman–Crippen MR) is 100 cm³/mol. The molecule has 0 aliphatic rings. The van der Waals surface area contributed by atoms with Crippen molar-refractivity contribution < 1.29 is 19.4 Å². The number of aromatic hydroxyl groups is 1. The first-order valence-electron chi connectivity index (χ1n) is 8.14. The molecule has 1 N–H and O–H groups in total. The number of carbonyl (C=O) groups is 1. The zero-order valence-corrected chi connectivity index (χ0v) is 15.6. The summed E-state index contributed by atoms with van der Waals surface area (Å²) in [5.41, 5.74) is 1.02. The maximum atomic E-state index is 11.7. The van der Waals surface area contributed by atoms with Crippen LogP contribution in [-0.2, 0) is 9.53 Å². The molecule has 0 fully saturated rings. The number of thioether (sulfide) groups is 1. The van der Waals surface area contributed by atoms with Crippen LogP contribution in [0.3, 0.4) is 0 Å². The largest absolute Gasteiger partial charge is 0.506 e. The minimum absolute atomic E-state index is 0.00621. The SMILES string of the molecule is CCOC(=O)CSc1nnc(-c2c#cccc2)n1-c1c(O)cccc1OC. The van der Waals surface area contributed by atoms with Gasteiger partial charge in [0.1, 0.15) is 17.2 Å². The third-order valence-corrected chi connectivity index (χ3v) is 4.47. The molecule has 138 valence electrons. The van der Waals surface area contributed by atoms with Crippen molar-refractivity contribution in [1.82, 2.24) is 14.8 Å². The van der Waals surface area contributed by atoms with Crippen LogP contribution >= 0.6 is 11.8 Å². The van der Waals surface area contributed by atoms with Crippen molar-refractivity contribution >= 4 is 17.7 Å². The minimum Gasteiger partial charge on any atom is -0.506 e. The number of benzene rings is 1. The van der Waals surface area contributed by atoms with Crippen molar-refractivity contribution in [3.8, 4) is 28.6 Å². The number of ether oxygens (including phenoxy) is 2. The van der Waals surface area contributed by atoms with Crippen LogP contribution in [-0.4, -0.2) is 45.3 Å². The lowest BCUT2D eigenvalue weighted by Gasteiger charge is -2.14. The molecule has 0 saturated heterocycles. The van der Waals surface area contributed by atoms with E-state index in [2.05, 4.69) is 22.3 Å². The molecule has 27 heavy (non-hydrogen) atoms. The maximum absolute atomic E-state index is 11.7. The molecule has 0 bridgehead atoms. The van der Waals surface area contributed by atoms with Gasteiger partial charge in [-0.05, 0) is 31.2 Å². The molecule has 0 amide bonds. The number of hydrogen-bond donors (Lipinski definition) is 1. The van der Waals surface area contributed by atoms with Gasteiger partial charge in [-0.15, -0.1) is 10.2 Å². The maximum Gasteiger partial charge on any atom is 0.316 e. The van der Waals surface area contributed by atoms with Gasteiger partial charge in [0, 0.05) is 0 Å². The number of methoxy groups -OCH3 is 1. The summed E-state index contributed by atoms with van der Waals surface area (Å²) in [5.74, 6) is 0.578. The lowest BCUT2D eigenvalue weighted by Crippen LogP contribution is -2.08. The monoisotopic (exact) mass is 383 g/mol. The molecule has 0 aliphatic heterocycles. The van der Waals surface area contributed by atoms with Gasteiger partial charge in [-0.2, -0.15) is 0 Å². The zero-order chi connectivity index (χ0) is 19.2. The lowest BCUT2D eigenvalue weighted by molar-refractivity contribution is -0.139. The molecular weight excluding hydrogens is 366 g/mol. The molecular formula is C19H17N3O4S. The Morgan fingerprint density at radius 2 is 2.15 bits per heavy atom. The quantitative estimate of drug-likeness (QED) is 0.496. The second-order valence-corrected chi connectivity index (χ2v) is 6.21. The van der Waals surface area contributed by atoms with E-state index in [4.69, 9.17) is 9.47 Å². The van der Waals surface area contributed by atoms with Crippen molar-refractivity contribution in [3.05, 3.63) is 48.5 Å². The number of carbonyl (C=O) groups excluding carboxylic acids is 1. The van der Waals surface area contributed by atoms with Gasteiger partial charge in [-0.25, -0.2) is 0 Å². The van der Waals surface area contributed by atoms with Crippen molar-refractivity contribution in [2.24, 2.45) is 0 Å². The Kier molecular flexibility index (Phi) is 5.84. The summed E-state index contributed by atoms with van der Waals surface area (Å²) >= 11 is 1.16. The summed E-state index contributed by atoms with van der Waals surface area (Å²) in [7, 11) is 1.51. The second-order valence-electron chi connectivity index (χ2n) is 5.27. The number of aromatic nitrogens is 3. The van der Waals surface area contributed by atoms with Gasteiger partial charge in [0.05, 0.1) is 25.0 Å². The van der Waals surface area contributed by atoms with Crippen LogP contribution in [0, 0.1) is 12.1 Å². The van der Waals surface area contributed by atoms with Crippen LogP contribution in [0.25, 0.3) is 17.1 Å². The molecule has 0 aliphatic carbocycles. The Bertz CT molecular complexity index is 928. The smallest absolute Gasteiger partial charge is 0.316 e. The molecule has 0 unspecified atom stereocenters. The highest BCUT2D eigenvalue weighted by Gasteiger charge is 2.22. The van der Waals surface area contributed by atoms with E-state index in [0.717, 1.165) is 11.8 Å². The molecule has 0 spiro atoms. The van der Waals surface area contributed by atoms with Crippen molar-refractivity contribution in [1.29, 1.82) is 0 Å². The number of phenolic OH excluding ortho intramolecular Hbond substituents is 1. The Morgan fingerprint density at radius 1 is 1.30 bits per heavy atom. The lowest BCUT2D eigenvalue weighted by atomic mass is 10.2. The van der Waals surface area contributed by atoms with Gasteiger partial charge >= 0.3 is 5.97 Å². The number of nitrogens with zero attached hydrogens (tertiary/aromatic N) is 3. The first kappa shape index (κ1) is 18.6. The fraction of sp³-hybridized carbons (Fsp3) is 0.211. The van der Waals surface area contributed by atoms with E-state index in [1.807, 2.05) is 6.07 Å². The van der Waals surface area contributed by atoms with Gasteiger partial charge in [0.2, 0.25) is 0 Å². The minimum atomic E-state index is -0.359. The van der Waals surface area contributed by atoms with E-state index in [0.29, 0.717) is 34.6 Å². The summed E-state index contributed by atoms with van der Waals surface area (Å²) in [6.45, 7) is 2.05. The third-order valence-electron chi connectivity index (χ3n) is 3.57. The normalized spacial score (nSPS) is 10.3. The van der Waals surface area contributed by atoms with Crippen LogP contribution in [0.4, 0.5) is 0 Å². The standard InChI is InChI=1S/C19H17N3O4S/c1-3-26-16(24)12-27-19-21-20-18(13-8-5-4-6-9-13)22(19)17-14(23)10-7-11-15(17)25-2/h4-5,7-8,10-11,23H,3,12H2,1-2H3. The number of esters is 1. The fourth-order valence-electron chi connectivity index (χ4n) is 2.45. The van der Waals surface area contributed by atoms with Gasteiger partial charge in [-0.1, -0.05) is 36.0 Å². The Balaban J connectivity index is 2.11. The number of phenols is 1. The Hall–Kier alpha value is -3.18. The van der Waals surface area contributed by atoms with Crippen LogP contribution in [0.2, 0.25) is 0 Å². The highest BCUT2D eigenvalue weighted by Crippen LogP contribution is 2.37. The van der Waals surface area contributed by atoms with Gasteiger partial charge in [-0.3, -0.25) is 9.36 Å². The predicted octanol–water partition coefficient (Wildman–Crippen LogP) is 2.90. The molecule has 1 aromatic heterocycles. The number of rotatable bonds is 7. The molecule has 0 radical (unpaired) electrons. The third kappa shape index (κ3) is 3.99. The van der Waals surface area contributed by atoms with Gasteiger partial charge in [0.15, 0.2) is 11.0 Å². The van der Waals surface area contributed by atoms with Crippen LogP contribution in [0.15, 0.2) is 41.6 Å². The number of para-hydroxylation sites is 1. The van der Waals surface area contributed by atoms with E-state index in [9.17, 15) is 9.90 Å². The number of hydrogen-bond acceptors (Lipinski definition) is 7. The molecule has 7 nitrogen and oxygen atoms in total. The average molecular weight is 383 g/mol. The van der Waals surface area contributed by atoms with Crippen LogP contribution in [0.1, 0.15) is 6.92 Å². The molecule has 8 heteroatoms. The van der Waals surface area contributed by atoms with Crippen molar-refractivity contribution in [2.45, 2.75) is 12.1 Å². The highest BCUT2D eigenvalue weighted by molar-refractivity contribution is 7.99. The average Bonchev–Trinajstić information content (AvgIpc) is 3.10. The molecule has 0 saturated carbocycles. The van der Waals surface area contributed by atoms with E-state index < -0.39 is 0 Å². The molecule has 0 atom stereocenters. The summed E-state index contributed by atoms with van der Waals surface area (Å²) in [6.07, 6.45) is 0. The summed E-state index contributed by atoms with van der Waals surface area (Å²) in [6, 6.07) is 16.1. The highest BCUT2D eigenvalue weighted by atomic mass is 32.2. The first-order chi connectivity index (χ1) is 13.2. The van der Waals surface area contributed by atoms with E-state index in [1.165, 1.54) is 7.11 Å². The van der Waals surface area contributed by atoms with Crippen LogP contribution in [0.5, 0.6) is 11.5 Å². The summed E-state index contributed by atoms with van der Waals surface area (Å²) < 4.78 is 12.0. The van der Waals surface area contributed by atoms with Crippen LogP contribution < -0.4 is 4.74 Å². The molecule has 1 heterocycles. The first-order valence-corrected chi connectivity index (χ1v) is 9.13. The molecule has 3 aromatic rings. The Morgan fingerprint density at radius 3 is 2.85 bits per heavy atom. The van der Waals surface area contributed by atoms with Crippen molar-refractivity contribution in [3.63, 3.8) is 0 Å². The van der Waals surface area contributed by atoms with E-state index >= 15 is 0 Å². The Labute approximate surface area is 161 Å².